The number of carbonyl (C=O) groups excluding carboxylic acids is 3. The highest BCUT2D eigenvalue weighted by Gasteiger charge is 2.31. The molecule has 1 aliphatic carbocycles. The molecule has 1 aliphatic rings. The van der Waals surface area contributed by atoms with Crippen molar-refractivity contribution in [1.82, 2.24) is 0 Å². The molecule has 0 bridgehead atoms. The van der Waals surface area contributed by atoms with Gasteiger partial charge in [-0.05, 0) is 42.0 Å². The summed E-state index contributed by atoms with van der Waals surface area (Å²) in [6, 6.07) is 25.2. The van der Waals surface area contributed by atoms with Crippen LogP contribution in [-0.2, 0) is 6.42 Å². The number of hydrogen-bond donors (Lipinski definition) is 0. The third-order valence-electron chi connectivity index (χ3n) is 5.31. The van der Waals surface area contributed by atoms with Crippen molar-refractivity contribution in [2.75, 3.05) is 0 Å². The maximum Gasteiger partial charge on any atom is 0.234 e. The van der Waals surface area contributed by atoms with Gasteiger partial charge in [-0.25, -0.2) is 0 Å². The minimum Gasteiger partial charge on any atom is -0.457 e. The van der Waals surface area contributed by atoms with Gasteiger partial charge in [0.05, 0.1) is 0 Å². The summed E-state index contributed by atoms with van der Waals surface area (Å²) < 4.78 is 6.02. The fourth-order valence-corrected chi connectivity index (χ4v) is 3.81. The molecule has 0 fully saturated rings. The Hall–Kier alpha value is -4.05. The molecular weight excluding hydrogens is 376 g/mol. The average molecular weight is 392 g/mol. The normalized spacial score (nSPS) is 12.4. The lowest BCUT2D eigenvalue weighted by atomic mass is 10.0. The van der Waals surface area contributed by atoms with E-state index >= 15 is 0 Å². The van der Waals surface area contributed by atoms with Gasteiger partial charge in [0, 0.05) is 33.9 Å². The maximum atomic E-state index is 12.5. The van der Waals surface area contributed by atoms with E-state index in [0.717, 1.165) is 5.56 Å². The minimum atomic E-state index is -0.478. The van der Waals surface area contributed by atoms with Crippen LogP contribution in [0.1, 0.15) is 36.6 Å². The van der Waals surface area contributed by atoms with Crippen molar-refractivity contribution in [3.05, 3.63) is 107 Å². The highest BCUT2D eigenvalue weighted by atomic mass is 16.5. The zero-order chi connectivity index (χ0) is 20.7. The van der Waals surface area contributed by atoms with Gasteiger partial charge in [0.1, 0.15) is 11.5 Å². The lowest BCUT2D eigenvalue weighted by Gasteiger charge is -2.10. The minimum absolute atomic E-state index is 0.0371. The van der Waals surface area contributed by atoms with Gasteiger partial charge in [0.25, 0.3) is 0 Å². The second kappa shape index (κ2) is 7.08. The van der Waals surface area contributed by atoms with Crippen molar-refractivity contribution in [2.24, 2.45) is 0 Å². The molecular formula is C26H16O4. The zero-order valence-corrected chi connectivity index (χ0v) is 15.9. The summed E-state index contributed by atoms with van der Waals surface area (Å²) in [6.45, 7) is 0. The molecule has 0 unspecified atom stereocenters. The van der Waals surface area contributed by atoms with E-state index in [2.05, 4.69) is 0 Å². The summed E-state index contributed by atoms with van der Waals surface area (Å²) in [5.74, 6) is 0.210. The van der Waals surface area contributed by atoms with Crippen LogP contribution in [0.3, 0.4) is 0 Å². The van der Waals surface area contributed by atoms with Crippen LogP contribution >= 0.6 is 0 Å². The molecule has 4 aromatic rings. The van der Waals surface area contributed by atoms with Crippen LogP contribution in [0.4, 0.5) is 0 Å². The average Bonchev–Trinajstić information content (AvgIpc) is 3.03. The first-order valence-electron chi connectivity index (χ1n) is 9.61. The molecule has 30 heavy (non-hydrogen) atoms. The van der Waals surface area contributed by atoms with Gasteiger partial charge < -0.3 is 4.74 Å². The fraction of sp³-hybridized carbons (Fsp3) is 0.0385. The largest absolute Gasteiger partial charge is 0.457 e. The molecule has 0 radical (unpaired) electrons. The molecule has 5 rings (SSSR count). The van der Waals surface area contributed by atoms with Crippen LogP contribution in [0.25, 0.3) is 10.8 Å². The molecule has 4 heteroatoms. The molecule has 0 saturated heterocycles. The Morgan fingerprint density at radius 2 is 1.40 bits per heavy atom. The van der Waals surface area contributed by atoms with Gasteiger partial charge in [0.2, 0.25) is 11.6 Å². The lowest BCUT2D eigenvalue weighted by Crippen LogP contribution is -2.05. The van der Waals surface area contributed by atoms with E-state index in [1.807, 2.05) is 36.4 Å². The summed E-state index contributed by atoms with van der Waals surface area (Å²) in [6.07, 6.45) is 0.345. The molecule has 4 nitrogen and oxygen atoms in total. The summed E-state index contributed by atoms with van der Waals surface area (Å²) in [4.78, 5) is 36.8. The van der Waals surface area contributed by atoms with Crippen LogP contribution in [0.5, 0.6) is 11.5 Å². The Morgan fingerprint density at radius 3 is 2.13 bits per heavy atom. The zero-order valence-electron chi connectivity index (χ0n) is 15.9. The number of hydrogen-bond acceptors (Lipinski definition) is 4. The Morgan fingerprint density at radius 1 is 0.700 bits per heavy atom. The number of ether oxygens (including phenoxy) is 1. The molecule has 144 valence electrons. The van der Waals surface area contributed by atoms with Crippen molar-refractivity contribution in [3.8, 4) is 11.5 Å². The van der Waals surface area contributed by atoms with Crippen molar-refractivity contribution in [1.29, 1.82) is 0 Å². The van der Waals surface area contributed by atoms with Crippen molar-refractivity contribution in [3.63, 3.8) is 0 Å². The summed E-state index contributed by atoms with van der Waals surface area (Å²) in [5, 5.41) is 1.35. The third-order valence-corrected chi connectivity index (χ3v) is 5.31. The molecule has 0 aliphatic heterocycles. The Labute approximate surface area is 172 Å². The number of Topliss-reactive ketones (excluding diaryl/α,β-unsaturated/α-hetero) is 3. The molecule has 4 aromatic carbocycles. The summed E-state index contributed by atoms with van der Waals surface area (Å²) in [5.41, 5.74) is 2.42. The van der Waals surface area contributed by atoms with Gasteiger partial charge in [-0.1, -0.05) is 48.5 Å². The Balaban J connectivity index is 1.41. The smallest absolute Gasteiger partial charge is 0.234 e. The van der Waals surface area contributed by atoms with Gasteiger partial charge in [-0.2, -0.15) is 0 Å². The summed E-state index contributed by atoms with van der Waals surface area (Å²) >= 11 is 0. The van der Waals surface area contributed by atoms with E-state index in [1.54, 1.807) is 48.5 Å². The standard InChI is InChI=1S/C26H16O4/c27-22(15-16-5-2-1-3-6-16)17-9-11-18(12-10-17)30-23-14-13-21-24-19(23)7-4-8-20(24)25(28)26(21)29/h1-14H,15H2. The highest BCUT2D eigenvalue weighted by molar-refractivity contribution is 6.57. The molecule has 0 heterocycles. The van der Waals surface area contributed by atoms with E-state index < -0.39 is 11.6 Å². The first-order valence-corrected chi connectivity index (χ1v) is 9.61. The van der Waals surface area contributed by atoms with E-state index in [4.69, 9.17) is 4.74 Å². The second-order valence-corrected chi connectivity index (χ2v) is 7.21. The second-order valence-electron chi connectivity index (χ2n) is 7.21. The number of carbonyl (C=O) groups is 3. The lowest BCUT2D eigenvalue weighted by molar-refractivity contribution is 0.0825. The summed E-state index contributed by atoms with van der Waals surface area (Å²) in [7, 11) is 0. The highest BCUT2D eigenvalue weighted by Crippen LogP contribution is 2.37. The topological polar surface area (TPSA) is 60.4 Å². The Kier molecular flexibility index (Phi) is 4.25. The van der Waals surface area contributed by atoms with E-state index in [1.165, 1.54) is 0 Å². The molecule has 0 spiro atoms. The molecule has 0 atom stereocenters. The maximum absolute atomic E-state index is 12.5. The predicted molar refractivity (Wildman–Crippen MR) is 114 cm³/mol. The van der Waals surface area contributed by atoms with Gasteiger partial charge in [-0.15, -0.1) is 0 Å². The number of rotatable bonds is 5. The number of ketones is 3. The van der Waals surface area contributed by atoms with Crippen molar-refractivity contribution >= 4 is 28.1 Å². The molecule has 0 N–H and O–H groups in total. The van der Waals surface area contributed by atoms with Crippen LogP contribution < -0.4 is 4.74 Å². The van der Waals surface area contributed by atoms with E-state index in [0.29, 0.717) is 45.4 Å². The van der Waals surface area contributed by atoms with Crippen LogP contribution in [0, 0.1) is 0 Å². The van der Waals surface area contributed by atoms with Crippen LogP contribution in [-0.4, -0.2) is 17.3 Å². The van der Waals surface area contributed by atoms with Crippen LogP contribution in [0.2, 0.25) is 0 Å². The predicted octanol–water partition coefficient (Wildman–Crippen LogP) is 5.44. The van der Waals surface area contributed by atoms with Gasteiger partial charge in [0.15, 0.2) is 5.78 Å². The van der Waals surface area contributed by atoms with Gasteiger partial charge in [-0.3, -0.25) is 14.4 Å². The van der Waals surface area contributed by atoms with Crippen LogP contribution in [0.15, 0.2) is 84.9 Å². The van der Waals surface area contributed by atoms with E-state index in [9.17, 15) is 14.4 Å². The number of benzene rings is 4. The first-order chi connectivity index (χ1) is 14.6. The SMILES string of the molecule is O=C(Cc1ccccc1)c1ccc(Oc2ccc3c4c(cccc24)C(=O)C3=O)cc1. The monoisotopic (exact) mass is 392 g/mol. The van der Waals surface area contributed by atoms with Crippen molar-refractivity contribution in [2.45, 2.75) is 6.42 Å². The van der Waals surface area contributed by atoms with Crippen molar-refractivity contribution < 1.29 is 19.1 Å². The third kappa shape index (κ3) is 2.99. The van der Waals surface area contributed by atoms with E-state index in [-0.39, 0.29) is 5.78 Å². The van der Waals surface area contributed by atoms with Gasteiger partial charge >= 0.3 is 0 Å². The molecule has 0 saturated carbocycles. The molecule has 0 amide bonds. The first kappa shape index (κ1) is 18.0. The fourth-order valence-electron chi connectivity index (χ4n) is 3.81. The quantitative estimate of drug-likeness (QED) is 0.335. The Bertz CT molecular complexity index is 1300. The molecule has 0 aromatic heterocycles.